The summed E-state index contributed by atoms with van der Waals surface area (Å²) in [5, 5.41) is 3.69. The zero-order chi connectivity index (χ0) is 19.1. The summed E-state index contributed by atoms with van der Waals surface area (Å²) < 4.78 is 0. The highest BCUT2D eigenvalue weighted by Crippen LogP contribution is 2.14. The number of carbonyl (C=O) groups is 2. The van der Waals surface area contributed by atoms with Gasteiger partial charge in [0.1, 0.15) is 0 Å². The van der Waals surface area contributed by atoms with E-state index in [1.54, 1.807) is 30.3 Å². The minimum atomic E-state index is -0.322. The molecule has 0 aliphatic rings. The van der Waals surface area contributed by atoms with E-state index < -0.39 is 0 Å². The van der Waals surface area contributed by atoms with Crippen molar-refractivity contribution in [1.82, 2.24) is 10.9 Å². The standard InChI is InChI=1S/C19H20ClN3O2S/c1-12-6-7-14(10-13(12)2)17(24)8-9-18(25)22-23-19(26)21-16-5-3-4-15(20)11-16/h3-7,10-11H,8-9H2,1-2H3,(H,22,25)(H2,21,23,26). The number of nitrogens with one attached hydrogen (secondary N) is 3. The second-order valence-corrected chi connectivity index (χ2v) is 6.70. The third-order valence-electron chi connectivity index (χ3n) is 3.81. The van der Waals surface area contributed by atoms with Crippen molar-refractivity contribution in [2.45, 2.75) is 26.7 Å². The van der Waals surface area contributed by atoms with E-state index in [1.807, 2.05) is 26.0 Å². The number of carbonyl (C=O) groups excluding carboxylic acids is 2. The van der Waals surface area contributed by atoms with Gasteiger partial charge in [-0.3, -0.25) is 20.4 Å². The van der Waals surface area contributed by atoms with Crippen LogP contribution in [0.3, 0.4) is 0 Å². The van der Waals surface area contributed by atoms with Crippen LogP contribution in [-0.4, -0.2) is 16.8 Å². The molecule has 0 aliphatic heterocycles. The molecule has 26 heavy (non-hydrogen) atoms. The van der Waals surface area contributed by atoms with E-state index in [1.165, 1.54) is 0 Å². The van der Waals surface area contributed by atoms with Crippen molar-refractivity contribution in [3.63, 3.8) is 0 Å². The van der Waals surface area contributed by atoms with Crippen molar-refractivity contribution in [1.29, 1.82) is 0 Å². The zero-order valence-corrected chi connectivity index (χ0v) is 16.1. The van der Waals surface area contributed by atoms with Gasteiger partial charge in [0.15, 0.2) is 10.9 Å². The van der Waals surface area contributed by atoms with Gasteiger partial charge in [0.25, 0.3) is 0 Å². The number of anilines is 1. The van der Waals surface area contributed by atoms with Crippen LogP contribution in [0.25, 0.3) is 0 Å². The second kappa shape index (κ2) is 9.31. The van der Waals surface area contributed by atoms with Crippen LogP contribution in [0.15, 0.2) is 42.5 Å². The van der Waals surface area contributed by atoms with E-state index in [-0.39, 0.29) is 29.6 Å². The highest BCUT2D eigenvalue weighted by Gasteiger charge is 2.10. The molecule has 7 heteroatoms. The van der Waals surface area contributed by atoms with Crippen molar-refractivity contribution in [2.24, 2.45) is 0 Å². The van der Waals surface area contributed by atoms with Gasteiger partial charge in [0.05, 0.1) is 0 Å². The van der Waals surface area contributed by atoms with Crippen LogP contribution in [-0.2, 0) is 4.79 Å². The largest absolute Gasteiger partial charge is 0.331 e. The molecule has 0 unspecified atom stereocenters. The maximum Gasteiger partial charge on any atom is 0.238 e. The van der Waals surface area contributed by atoms with Crippen LogP contribution in [0, 0.1) is 13.8 Å². The number of Topliss-reactive ketones (excluding diaryl/α,β-unsaturated/α-hetero) is 1. The molecule has 0 fully saturated rings. The smallest absolute Gasteiger partial charge is 0.238 e. The molecule has 2 aromatic rings. The first kappa shape index (κ1) is 19.9. The molecule has 0 saturated carbocycles. The number of benzene rings is 2. The number of hydrazine groups is 1. The molecule has 0 spiro atoms. The lowest BCUT2D eigenvalue weighted by atomic mass is 10.0. The summed E-state index contributed by atoms with van der Waals surface area (Å²) in [6, 6.07) is 12.6. The lowest BCUT2D eigenvalue weighted by Crippen LogP contribution is -2.43. The van der Waals surface area contributed by atoms with Gasteiger partial charge in [-0.2, -0.15) is 0 Å². The van der Waals surface area contributed by atoms with Crippen molar-refractivity contribution in [3.05, 3.63) is 64.2 Å². The van der Waals surface area contributed by atoms with E-state index in [4.69, 9.17) is 23.8 Å². The molecule has 0 atom stereocenters. The maximum atomic E-state index is 12.2. The van der Waals surface area contributed by atoms with E-state index >= 15 is 0 Å². The number of ketones is 1. The van der Waals surface area contributed by atoms with E-state index in [0.717, 1.165) is 11.1 Å². The Labute approximate surface area is 163 Å². The maximum absolute atomic E-state index is 12.2. The number of hydrogen-bond donors (Lipinski definition) is 3. The van der Waals surface area contributed by atoms with Crippen molar-refractivity contribution in [2.75, 3.05) is 5.32 Å². The highest BCUT2D eigenvalue weighted by molar-refractivity contribution is 7.80. The minimum absolute atomic E-state index is 0.0668. The zero-order valence-electron chi connectivity index (χ0n) is 14.6. The Bertz CT molecular complexity index is 839. The van der Waals surface area contributed by atoms with Gasteiger partial charge in [-0.15, -0.1) is 0 Å². The van der Waals surface area contributed by atoms with Crippen LogP contribution in [0.1, 0.15) is 34.3 Å². The summed E-state index contributed by atoms with van der Waals surface area (Å²) >= 11 is 11.0. The van der Waals surface area contributed by atoms with Crippen LogP contribution in [0.5, 0.6) is 0 Å². The van der Waals surface area contributed by atoms with Crippen LogP contribution >= 0.6 is 23.8 Å². The molecular weight excluding hydrogens is 370 g/mol. The van der Waals surface area contributed by atoms with Gasteiger partial charge in [-0.25, -0.2) is 0 Å². The van der Waals surface area contributed by atoms with E-state index in [0.29, 0.717) is 16.3 Å². The SMILES string of the molecule is Cc1ccc(C(=O)CCC(=O)NNC(=S)Nc2cccc(Cl)c2)cc1C. The molecule has 0 aromatic heterocycles. The Morgan fingerprint density at radius 3 is 2.46 bits per heavy atom. The number of thiocarbonyl (C=S) groups is 1. The third-order valence-corrected chi connectivity index (χ3v) is 4.25. The predicted molar refractivity (Wildman–Crippen MR) is 108 cm³/mol. The average molecular weight is 390 g/mol. The molecule has 136 valence electrons. The van der Waals surface area contributed by atoms with Gasteiger partial charge in [0.2, 0.25) is 5.91 Å². The molecule has 0 saturated heterocycles. The van der Waals surface area contributed by atoms with Crippen molar-refractivity contribution < 1.29 is 9.59 Å². The Balaban J connectivity index is 1.75. The van der Waals surface area contributed by atoms with E-state index in [2.05, 4.69) is 16.2 Å². The van der Waals surface area contributed by atoms with Gasteiger partial charge in [0, 0.05) is 29.1 Å². The van der Waals surface area contributed by atoms with Gasteiger partial charge in [-0.1, -0.05) is 29.8 Å². The molecule has 0 radical (unpaired) electrons. The summed E-state index contributed by atoms with van der Waals surface area (Å²) in [7, 11) is 0. The number of rotatable bonds is 5. The molecule has 0 aliphatic carbocycles. The third kappa shape index (κ3) is 6.13. The molecule has 0 bridgehead atoms. The highest BCUT2D eigenvalue weighted by atomic mass is 35.5. The number of aryl methyl sites for hydroxylation is 2. The lowest BCUT2D eigenvalue weighted by molar-refractivity contribution is -0.121. The molecule has 2 rings (SSSR count). The lowest BCUT2D eigenvalue weighted by Gasteiger charge is -2.11. The summed E-state index contributed by atoms with van der Waals surface area (Å²) in [5.74, 6) is -0.389. The van der Waals surface area contributed by atoms with E-state index in [9.17, 15) is 9.59 Å². The first-order valence-corrected chi connectivity index (χ1v) is 8.85. The average Bonchev–Trinajstić information content (AvgIpc) is 2.60. The molecule has 1 amide bonds. The predicted octanol–water partition coefficient (Wildman–Crippen LogP) is 3.94. The topological polar surface area (TPSA) is 70.2 Å². The van der Waals surface area contributed by atoms with Gasteiger partial charge in [-0.05, 0) is 61.5 Å². The minimum Gasteiger partial charge on any atom is -0.331 e. The first-order chi connectivity index (χ1) is 12.3. The summed E-state index contributed by atoms with van der Waals surface area (Å²) in [5.41, 5.74) is 8.57. The van der Waals surface area contributed by atoms with Crippen molar-refractivity contribution >= 4 is 46.3 Å². The van der Waals surface area contributed by atoms with Gasteiger partial charge >= 0.3 is 0 Å². The number of halogens is 1. The molecule has 2 aromatic carbocycles. The van der Waals surface area contributed by atoms with Crippen LogP contribution in [0.4, 0.5) is 5.69 Å². The second-order valence-electron chi connectivity index (χ2n) is 5.86. The van der Waals surface area contributed by atoms with Crippen molar-refractivity contribution in [3.8, 4) is 0 Å². The Morgan fingerprint density at radius 1 is 1.00 bits per heavy atom. The van der Waals surface area contributed by atoms with Crippen LogP contribution in [0.2, 0.25) is 5.02 Å². The van der Waals surface area contributed by atoms with Crippen LogP contribution < -0.4 is 16.2 Å². The summed E-state index contributed by atoms with van der Waals surface area (Å²) in [6.45, 7) is 3.94. The van der Waals surface area contributed by atoms with Gasteiger partial charge < -0.3 is 5.32 Å². The summed E-state index contributed by atoms with van der Waals surface area (Å²) in [4.78, 5) is 24.0. The molecule has 0 heterocycles. The fourth-order valence-electron chi connectivity index (χ4n) is 2.20. The first-order valence-electron chi connectivity index (χ1n) is 8.07. The molecule has 3 N–H and O–H groups in total. The number of hydrogen-bond acceptors (Lipinski definition) is 3. The fraction of sp³-hybridized carbons (Fsp3) is 0.211. The normalized spacial score (nSPS) is 10.1. The monoisotopic (exact) mass is 389 g/mol. The summed E-state index contributed by atoms with van der Waals surface area (Å²) in [6.07, 6.45) is 0.197. The Morgan fingerprint density at radius 2 is 1.77 bits per heavy atom. The fourth-order valence-corrected chi connectivity index (χ4v) is 2.56. The molecule has 5 nitrogen and oxygen atoms in total. The Kier molecular flexibility index (Phi) is 7.12. The number of amides is 1. The quantitative estimate of drug-likeness (QED) is 0.410. The Hall–Kier alpha value is -2.44. The molecular formula is C19H20ClN3O2S.